The molecule has 1 aromatic rings. The van der Waals surface area contributed by atoms with Crippen LogP contribution in [0, 0.1) is 11.3 Å². The quantitative estimate of drug-likeness (QED) is 0.903. The van der Waals surface area contributed by atoms with E-state index in [1.54, 1.807) is 6.20 Å². The van der Waals surface area contributed by atoms with Crippen molar-refractivity contribution in [3.63, 3.8) is 0 Å². The minimum atomic E-state index is 0.282. The Kier molecular flexibility index (Phi) is 3.07. The summed E-state index contributed by atoms with van der Waals surface area (Å²) in [5.74, 6) is 0.981. The van der Waals surface area contributed by atoms with Gasteiger partial charge in [0.25, 0.3) is 0 Å². The molecule has 2 fully saturated rings. The molecular weight excluding hydrogens is 240 g/mol. The van der Waals surface area contributed by atoms with Gasteiger partial charge in [0.2, 0.25) is 5.91 Å². The Hall–Kier alpha value is -1.39. The first-order valence-corrected chi connectivity index (χ1v) is 7.22. The zero-order valence-electron chi connectivity index (χ0n) is 11.7. The average Bonchev–Trinajstić information content (AvgIpc) is 3.05. The molecule has 1 aliphatic heterocycles. The average molecular weight is 262 g/mol. The topological polar surface area (TPSA) is 61.9 Å². The van der Waals surface area contributed by atoms with Crippen LogP contribution in [0.4, 0.5) is 0 Å². The molecule has 1 amide bonds. The van der Waals surface area contributed by atoms with Gasteiger partial charge in [0.1, 0.15) is 0 Å². The number of likely N-dealkylation sites (tertiary alicyclic amines) is 1. The SMILES string of the molecule is CC1(C)CN(C(=O)CCc2cn[nH]n2)[C@@H]2CCC[C@@H]21. The second-order valence-corrected chi connectivity index (χ2v) is 6.58. The van der Waals surface area contributed by atoms with E-state index in [2.05, 4.69) is 34.2 Å². The van der Waals surface area contributed by atoms with Crippen LogP contribution < -0.4 is 0 Å². The minimum absolute atomic E-state index is 0.282. The summed E-state index contributed by atoms with van der Waals surface area (Å²) in [7, 11) is 0. The third-order valence-corrected chi connectivity index (χ3v) is 4.84. The number of carbonyl (C=O) groups is 1. The highest BCUT2D eigenvalue weighted by Gasteiger charge is 2.50. The number of nitrogens with one attached hydrogen (secondary N) is 1. The van der Waals surface area contributed by atoms with Crippen LogP contribution in [0.25, 0.3) is 0 Å². The van der Waals surface area contributed by atoms with Crippen molar-refractivity contribution in [3.8, 4) is 0 Å². The third-order valence-electron chi connectivity index (χ3n) is 4.84. The maximum atomic E-state index is 12.4. The Bertz CT molecular complexity index is 454. The highest BCUT2D eigenvalue weighted by atomic mass is 16.2. The number of aromatic nitrogens is 3. The number of aromatic amines is 1. The lowest BCUT2D eigenvalue weighted by molar-refractivity contribution is -0.132. The maximum absolute atomic E-state index is 12.4. The fourth-order valence-corrected chi connectivity index (χ4v) is 3.90. The molecule has 1 aromatic heterocycles. The van der Waals surface area contributed by atoms with Crippen molar-refractivity contribution in [3.05, 3.63) is 11.9 Å². The van der Waals surface area contributed by atoms with Crippen molar-refractivity contribution in [1.82, 2.24) is 20.3 Å². The Balaban J connectivity index is 1.64. The lowest BCUT2D eigenvalue weighted by atomic mass is 9.80. The number of H-pyrrole nitrogens is 1. The molecule has 1 aliphatic carbocycles. The van der Waals surface area contributed by atoms with E-state index in [4.69, 9.17) is 0 Å². The summed E-state index contributed by atoms with van der Waals surface area (Å²) in [5, 5.41) is 10.4. The first-order chi connectivity index (χ1) is 9.08. The van der Waals surface area contributed by atoms with Crippen molar-refractivity contribution < 1.29 is 4.79 Å². The molecule has 5 nitrogen and oxygen atoms in total. The van der Waals surface area contributed by atoms with E-state index in [9.17, 15) is 4.79 Å². The van der Waals surface area contributed by atoms with Crippen LogP contribution in [0.3, 0.4) is 0 Å². The van der Waals surface area contributed by atoms with Crippen molar-refractivity contribution in [2.45, 2.75) is 52.0 Å². The summed E-state index contributed by atoms with van der Waals surface area (Å²) in [6.07, 6.45) is 6.66. The van der Waals surface area contributed by atoms with Gasteiger partial charge in [0.05, 0.1) is 11.9 Å². The lowest BCUT2D eigenvalue weighted by Gasteiger charge is -2.24. The minimum Gasteiger partial charge on any atom is -0.339 e. The predicted octanol–water partition coefficient (Wildman–Crippen LogP) is 1.77. The summed E-state index contributed by atoms with van der Waals surface area (Å²) in [6, 6.07) is 0.486. The van der Waals surface area contributed by atoms with Crippen LogP contribution in [0.15, 0.2) is 6.20 Å². The monoisotopic (exact) mass is 262 g/mol. The molecule has 2 atom stereocenters. The summed E-state index contributed by atoms with van der Waals surface area (Å²) >= 11 is 0. The molecule has 0 spiro atoms. The predicted molar refractivity (Wildman–Crippen MR) is 71.3 cm³/mol. The smallest absolute Gasteiger partial charge is 0.223 e. The zero-order valence-corrected chi connectivity index (χ0v) is 11.7. The van der Waals surface area contributed by atoms with Crippen LogP contribution >= 0.6 is 0 Å². The standard InChI is InChI=1S/C14H22N4O/c1-14(2)9-18(12-5-3-4-11(12)14)13(19)7-6-10-8-15-17-16-10/h8,11-12H,3-7,9H2,1-2H3,(H,15,16,17)/t11-,12+/m0/s1. The zero-order chi connectivity index (χ0) is 13.5. The van der Waals surface area contributed by atoms with Gasteiger partial charge in [0, 0.05) is 25.4 Å². The summed E-state index contributed by atoms with van der Waals surface area (Å²) in [5.41, 5.74) is 1.15. The molecule has 0 bridgehead atoms. The van der Waals surface area contributed by atoms with Crippen molar-refractivity contribution in [1.29, 1.82) is 0 Å². The number of fused-ring (bicyclic) bond motifs is 1. The van der Waals surface area contributed by atoms with Crippen molar-refractivity contribution in [2.24, 2.45) is 11.3 Å². The molecule has 0 unspecified atom stereocenters. The highest BCUT2D eigenvalue weighted by molar-refractivity contribution is 5.77. The largest absolute Gasteiger partial charge is 0.339 e. The van der Waals surface area contributed by atoms with Gasteiger partial charge in [-0.25, -0.2) is 0 Å². The van der Waals surface area contributed by atoms with E-state index >= 15 is 0 Å². The lowest BCUT2D eigenvalue weighted by Crippen LogP contribution is -2.36. The summed E-state index contributed by atoms with van der Waals surface area (Å²) in [4.78, 5) is 14.6. The Morgan fingerprint density at radius 3 is 3.11 bits per heavy atom. The number of aryl methyl sites for hydroxylation is 1. The Morgan fingerprint density at radius 2 is 2.37 bits per heavy atom. The Morgan fingerprint density at radius 1 is 1.53 bits per heavy atom. The maximum Gasteiger partial charge on any atom is 0.223 e. The van der Waals surface area contributed by atoms with Gasteiger partial charge < -0.3 is 4.90 Å². The first kappa shape index (κ1) is 12.6. The molecular formula is C14H22N4O. The number of rotatable bonds is 3. The van der Waals surface area contributed by atoms with Gasteiger partial charge in [-0.05, 0) is 24.2 Å². The molecule has 1 saturated heterocycles. The van der Waals surface area contributed by atoms with Crippen LogP contribution in [-0.2, 0) is 11.2 Å². The van der Waals surface area contributed by atoms with E-state index in [0.29, 0.717) is 24.8 Å². The number of hydrogen-bond donors (Lipinski definition) is 1. The van der Waals surface area contributed by atoms with E-state index in [-0.39, 0.29) is 11.3 Å². The molecule has 104 valence electrons. The number of amides is 1. The number of carbonyl (C=O) groups excluding carboxylic acids is 1. The molecule has 0 aromatic carbocycles. The van der Waals surface area contributed by atoms with E-state index in [1.807, 2.05) is 0 Å². The fraction of sp³-hybridized carbons (Fsp3) is 0.786. The number of hydrogen-bond acceptors (Lipinski definition) is 3. The molecule has 2 aliphatic rings. The number of nitrogens with zero attached hydrogens (tertiary/aromatic N) is 3. The normalized spacial score (nSPS) is 28.6. The summed E-state index contributed by atoms with van der Waals surface area (Å²) < 4.78 is 0. The highest BCUT2D eigenvalue weighted by Crippen LogP contribution is 2.48. The molecule has 3 rings (SSSR count). The molecule has 19 heavy (non-hydrogen) atoms. The van der Waals surface area contributed by atoms with Crippen molar-refractivity contribution >= 4 is 5.91 Å². The molecule has 1 saturated carbocycles. The van der Waals surface area contributed by atoms with Gasteiger partial charge >= 0.3 is 0 Å². The fourth-order valence-electron chi connectivity index (χ4n) is 3.90. The van der Waals surface area contributed by atoms with Crippen LogP contribution in [0.2, 0.25) is 0 Å². The molecule has 2 heterocycles. The molecule has 0 radical (unpaired) electrons. The van der Waals surface area contributed by atoms with Crippen LogP contribution in [-0.4, -0.2) is 38.8 Å². The Labute approximate surface area is 113 Å². The van der Waals surface area contributed by atoms with Gasteiger partial charge in [-0.2, -0.15) is 15.4 Å². The second kappa shape index (κ2) is 4.62. The van der Waals surface area contributed by atoms with Gasteiger partial charge in [-0.15, -0.1) is 0 Å². The van der Waals surface area contributed by atoms with Crippen LogP contribution in [0.5, 0.6) is 0 Å². The molecule has 1 N–H and O–H groups in total. The van der Waals surface area contributed by atoms with E-state index in [0.717, 1.165) is 12.2 Å². The van der Waals surface area contributed by atoms with E-state index in [1.165, 1.54) is 19.3 Å². The first-order valence-electron chi connectivity index (χ1n) is 7.22. The van der Waals surface area contributed by atoms with Crippen molar-refractivity contribution in [2.75, 3.05) is 6.54 Å². The van der Waals surface area contributed by atoms with Gasteiger partial charge in [-0.1, -0.05) is 20.3 Å². The second-order valence-electron chi connectivity index (χ2n) is 6.58. The molecule has 5 heteroatoms. The van der Waals surface area contributed by atoms with Gasteiger partial charge in [-0.3, -0.25) is 4.79 Å². The van der Waals surface area contributed by atoms with Crippen LogP contribution in [0.1, 0.15) is 45.2 Å². The van der Waals surface area contributed by atoms with Gasteiger partial charge in [0.15, 0.2) is 0 Å². The third kappa shape index (κ3) is 2.26. The van der Waals surface area contributed by atoms with E-state index < -0.39 is 0 Å². The summed E-state index contributed by atoms with van der Waals surface area (Å²) in [6.45, 7) is 5.53.